The Bertz CT molecular complexity index is 449. The van der Waals surface area contributed by atoms with Crippen LogP contribution in [-0.2, 0) is 0 Å². The Balaban J connectivity index is 2.33. The second kappa shape index (κ2) is 3.59. The summed E-state index contributed by atoms with van der Waals surface area (Å²) in [4.78, 5) is 14.5. The summed E-state index contributed by atoms with van der Waals surface area (Å²) in [6.07, 6.45) is 3.84. The third kappa shape index (κ3) is 1.51. The molecular weight excluding hydrogens is 202 g/mol. The molecule has 2 aromatic rings. The van der Waals surface area contributed by atoms with Gasteiger partial charge in [-0.15, -0.1) is 0 Å². The maximum Gasteiger partial charge on any atom is 0.274 e. The number of hydrogen-bond donors (Lipinski definition) is 0. The standard InChI is InChI=1S/C8H7N3O2S/c1-13-8-10-7(5-14-8)11-3-6(4-12)2-9-11/h2-5H,1H3. The fourth-order valence-corrected chi connectivity index (χ4v) is 1.58. The number of carbonyl (C=O) groups is 1. The van der Waals surface area contributed by atoms with Crippen molar-refractivity contribution in [3.8, 4) is 11.0 Å². The molecule has 2 aromatic heterocycles. The lowest BCUT2D eigenvalue weighted by molar-refractivity contribution is 0.112. The van der Waals surface area contributed by atoms with Crippen molar-refractivity contribution in [2.75, 3.05) is 7.11 Å². The van der Waals surface area contributed by atoms with Crippen LogP contribution in [0.25, 0.3) is 5.82 Å². The molecule has 0 bridgehead atoms. The lowest BCUT2D eigenvalue weighted by Gasteiger charge is -1.92. The van der Waals surface area contributed by atoms with Gasteiger partial charge in [-0.05, 0) is 0 Å². The minimum atomic E-state index is 0.525. The van der Waals surface area contributed by atoms with E-state index in [-0.39, 0.29) is 0 Å². The van der Waals surface area contributed by atoms with E-state index in [2.05, 4.69) is 10.1 Å². The van der Waals surface area contributed by atoms with Gasteiger partial charge in [0.1, 0.15) is 0 Å². The molecule has 0 aliphatic carbocycles. The van der Waals surface area contributed by atoms with E-state index in [1.165, 1.54) is 22.2 Å². The highest BCUT2D eigenvalue weighted by molar-refractivity contribution is 7.11. The first-order valence-electron chi connectivity index (χ1n) is 3.83. The number of aromatic nitrogens is 3. The summed E-state index contributed by atoms with van der Waals surface area (Å²) in [5.41, 5.74) is 0.525. The van der Waals surface area contributed by atoms with Crippen LogP contribution in [0.5, 0.6) is 5.19 Å². The Morgan fingerprint density at radius 2 is 2.50 bits per heavy atom. The predicted octanol–water partition coefficient (Wildman–Crippen LogP) is 1.15. The first kappa shape index (κ1) is 8.89. The summed E-state index contributed by atoms with van der Waals surface area (Å²) < 4.78 is 6.48. The quantitative estimate of drug-likeness (QED) is 0.711. The Labute approximate surface area is 84.0 Å². The highest BCUT2D eigenvalue weighted by Gasteiger charge is 2.05. The Morgan fingerprint density at radius 3 is 3.07 bits per heavy atom. The van der Waals surface area contributed by atoms with Gasteiger partial charge in [-0.25, -0.2) is 4.68 Å². The zero-order valence-electron chi connectivity index (χ0n) is 7.38. The first-order valence-corrected chi connectivity index (χ1v) is 4.71. The molecule has 0 aliphatic rings. The molecule has 0 aromatic carbocycles. The number of aldehydes is 1. The molecule has 72 valence electrons. The van der Waals surface area contributed by atoms with Crippen molar-refractivity contribution in [3.63, 3.8) is 0 Å². The van der Waals surface area contributed by atoms with Gasteiger partial charge in [-0.2, -0.15) is 10.1 Å². The van der Waals surface area contributed by atoms with Crippen molar-refractivity contribution in [2.45, 2.75) is 0 Å². The molecule has 6 heteroatoms. The maximum atomic E-state index is 10.4. The molecule has 0 fully saturated rings. The van der Waals surface area contributed by atoms with E-state index in [0.717, 1.165) is 6.29 Å². The molecule has 0 unspecified atom stereocenters. The molecule has 0 spiro atoms. The van der Waals surface area contributed by atoms with Crippen LogP contribution in [0.3, 0.4) is 0 Å². The molecule has 5 nitrogen and oxygen atoms in total. The lowest BCUT2D eigenvalue weighted by atomic mass is 10.4. The zero-order chi connectivity index (χ0) is 9.97. The summed E-state index contributed by atoms with van der Waals surface area (Å²) in [5.74, 6) is 0.653. The zero-order valence-corrected chi connectivity index (χ0v) is 8.19. The highest BCUT2D eigenvalue weighted by Crippen LogP contribution is 2.19. The molecule has 0 aliphatic heterocycles. The van der Waals surface area contributed by atoms with Crippen LogP contribution in [0.4, 0.5) is 0 Å². The van der Waals surface area contributed by atoms with Gasteiger partial charge in [-0.3, -0.25) is 4.79 Å². The van der Waals surface area contributed by atoms with Crippen molar-refractivity contribution < 1.29 is 9.53 Å². The second-order valence-electron chi connectivity index (χ2n) is 2.51. The van der Waals surface area contributed by atoms with Crippen LogP contribution in [0, 0.1) is 0 Å². The van der Waals surface area contributed by atoms with E-state index >= 15 is 0 Å². The number of thiazole rings is 1. The smallest absolute Gasteiger partial charge is 0.274 e. The van der Waals surface area contributed by atoms with Crippen LogP contribution in [0.1, 0.15) is 10.4 Å². The van der Waals surface area contributed by atoms with Gasteiger partial charge in [0.2, 0.25) is 0 Å². The van der Waals surface area contributed by atoms with E-state index in [9.17, 15) is 4.79 Å². The second-order valence-corrected chi connectivity index (χ2v) is 3.33. The summed E-state index contributed by atoms with van der Waals surface area (Å²) in [7, 11) is 1.56. The molecule has 0 N–H and O–H groups in total. The summed E-state index contributed by atoms with van der Waals surface area (Å²) in [6.45, 7) is 0. The summed E-state index contributed by atoms with van der Waals surface area (Å²) in [5, 5.41) is 6.36. The largest absolute Gasteiger partial charge is 0.473 e. The van der Waals surface area contributed by atoms with Crippen molar-refractivity contribution >= 4 is 17.6 Å². The van der Waals surface area contributed by atoms with Crippen LogP contribution in [-0.4, -0.2) is 28.2 Å². The van der Waals surface area contributed by atoms with Crippen molar-refractivity contribution in [1.82, 2.24) is 14.8 Å². The Hall–Kier alpha value is -1.69. The average molecular weight is 209 g/mol. The number of rotatable bonds is 3. The van der Waals surface area contributed by atoms with E-state index in [4.69, 9.17) is 4.74 Å². The molecule has 2 rings (SSSR count). The van der Waals surface area contributed by atoms with Crippen molar-refractivity contribution in [1.29, 1.82) is 0 Å². The summed E-state index contributed by atoms with van der Waals surface area (Å²) in [6, 6.07) is 0. The van der Waals surface area contributed by atoms with Gasteiger partial charge < -0.3 is 4.74 Å². The number of methoxy groups -OCH3 is 1. The van der Waals surface area contributed by atoms with Crippen LogP contribution in [0.15, 0.2) is 17.8 Å². The topological polar surface area (TPSA) is 57.0 Å². The van der Waals surface area contributed by atoms with Gasteiger partial charge in [0.25, 0.3) is 5.19 Å². The molecule has 0 saturated carbocycles. The number of carbonyl (C=O) groups excluding carboxylic acids is 1. The monoisotopic (exact) mass is 209 g/mol. The fraction of sp³-hybridized carbons (Fsp3) is 0.125. The van der Waals surface area contributed by atoms with Crippen LogP contribution < -0.4 is 4.74 Å². The molecule has 0 amide bonds. The van der Waals surface area contributed by atoms with Crippen LogP contribution in [0.2, 0.25) is 0 Å². The SMILES string of the molecule is COc1nc(-n2cc(C=O)cn2)cs1. The molecule has 0 atom stereocenters. The number of nitrogens with zero attached hydrogens (tertiary/aromatic N) is 3. The van der Waals surface area contributed by atoms with Gasteiger partial charge >= 0.3 is 0 Å². The average Bonchev–Trinajstić information content (AvgIpc) is 2.86. The van der Waals surface area contributed by atoms with Gasteiger partial charge in [0.15, 0.2) is 12.1 Å². The van der Waals surface area contributed by atoms with Gasteiger partial charge in [0.05, 0.1) is 18.9 Å². The van der Waals surface area contributed by atoms with Crippen molar-refractivity contribution in [3.05, 3.63) is 23.3 Å². The minimum absolute atomic E-state index is 0.525. The lowest BCUT2D eigenvalue weighted by Crippen LogP contribution is -1.94. The van der Waals surface area contributed by atoms with E-state index in [1.807, 2.05) is 0 Å². The summed E-state index contributed by atoms with van der Waals surface area (Å²) >= 11 is 1.38. The van der Waals surface area contributed by atoms with Crippen LogP contribution >= 0.6 is 11.3 Å². The molecular formula is C8H7N3O2S. The minimum Gasteiger partial charge on any atom is -0.473 e. The van der Waals surface area contributed by atoms with E-state index < -0.39 is 0 Å². The molecule has 0 saturated heterocycles. The molecule has 0 radical (unpaired) electrons. The first-order chi connectivity index (χ1) is 6.83. The number of hydrogen-bond acceptors (Lipinski definition) is 5. The molecule has 14 heavy (non-hydrogen) atoms. The third-order valence-corrected chi connectivity index (χ3v) is 2.41. The molecule has 2 heterocycles. The Kier molecular flexibility index (Phi) is 2.28. The maximum absolute atomic E-state index is 10.4. The number of ether oxygens (including phenoxy) is 1. The predicted molar refractivity (Wildman–Crippen MR) is 51.2 cm³/mol. The van der Waals surface area contributed by atoms with Gasteiger partial charge in [0, 0.05) is 11.6 Å². The van der Waals surface area contributed by atoms with E-state index in [0.29, 0.717) is 16.6 Å². The van der Waals surface area contributed by atoms with Gasteiger partial charge in [-0.1, -0.05) is 11.3 Å². The third-order valence-electron chi connectivity index (χ3n) is 1.62. The Morgan fingerprint density at radius 1 is 1.64 bits per heavy atom. The fourth-order valence-electron chi connectivity index (χ4n) is 0.971. The van der Waals surface area contributed by atoms with Crippen molar-refractivity contribution in [2.24, 2.45) is 0 Å². The normalized spacial score (nSPS) is 10.1. The highest BCUT2D eigenvalue weighted by atomic mass is 32.1. The van der Waals surface area contributed by atoms with E-state index in [1.54, 1.807) is 18.7 Å².